The number of hydrogen-bond acceptors (Lipinski definition) is 2. The molecule has 3 heteroatoms. The fraction of sp³-hybridized carbons (Fsp3) is 0.833. The van der Waals surface area contributed by atoms with Gasteiger partial charge in [0.2, 0.25) is 6.41 Å². The smallest absolute Gasteiger partial charge is 0.209 e. The molecule has 3 nitrogen and oxygen atoms in total. The van der Waals surface area contributed by atoms with Crippen molar-refractivity contribution in [2.45, 2.75) is 25.5 Å². The molecule has 1 saturated heterocycles. The highest BCUT2D eigenvalue weighted by atomic mass is 16.5. The predicted octanol–water partition coefficient (Wildman–Crippen LogP) is 0.259. The van der Waals surface area contributed by atoms with E-state index in [1.165, 1.54) is 0 Å². The van der Waals surface area contributed by atoms with Gasteiger partial charge in [0.05, 0.1) is 0 Å². The summed E-state index contributed by atoms with van der Waals surface area (Å²) in [6, 6.07) is 0. The summed E-state index contributed by atoms with van der Waals surface area (Å²) < 4.78 is 5.18. The molecule has 1 amide bonds. The van der Waals surface area contributed by atoms with Crippen LogP contribution in [0.4, 0.5) is 0 Å². The quantitative estimate of drug-likeness (QED) is 0.543. The van der Waals surface area contributed by atoms with Crippen molar-refractivity contribution >= 4 is 6.41 Å². The first-order valence-corrected chi connectivity index (χ1v) is 3.25. The fourth-order valence-corrected chi connectivity index (χ4v) is 0.948. The van der Waals surface area contributed by atoms with Gasteiger partial charge in [0.25, 0.3) is 0 Å². The minimum absolute atomic E-state index is 0.0174. The summed E-state index contributed by atoms with van der Waals surface area (Å²) >= 11 is 0. The van der Waals surface area contributed by atoms with Crippen LogP contribution in [-0.4, -0.2) is 19.2 Å². The predicted molar refractivity (Wildman–Crippen MR) is 32.8 cm³/mol. The Morgan fingerprint density at radius 3 is 3.00 bits per heavy atom. The topological polar surface area (TPSA) is 38.3 Å². The molecule has 0 spiro atoms. The molecule has 1 unspecified atom stereocenters. The van der Waals surface area contributed by atoms with Crippen molar-refractivity contribution in [1.82, 2.24) is 5.32 Å². The molecule has 0 aromatic rings. The molecule has 1 rings (SSSR count). The van der Waals surface area contributed by atoms with E-state index in [1.807, 2.05) is 0 Å². The monoisotopic (exact) mass is 129 g/mol. The minimum Gasteiger partial charge on any atom is -0.359 e. The zero-order chi connectivity index (χ0) is 6.53. The number of hydrogen-bond donors (Lipinski definition) is 1. The van der Waals surface area contributed by atoms with Gasteiger partial charge < -0.3 is 10.1 Å². The molecule has 52 valence electrons. The van der Waals surface area contributed by atoms with Crippen molar-refractivity contribution in [2.24, 2.45) is 0 Å². The van der Waals surface area contributed by atoms with Gasteiger partial charge in [0, 0.05) is 6.61 Å². The lowest BCUT2D eigenvalue weighted by molar-refractivity contribution is -0.114. The highest BCUT2D eigenvalue weighted by molar-refractivity contribution is 5.46. The van der Waals surface area contributed by atoms with Gasteiger partial charge in [-0.15, -0.1) is 0 Å². The molecule has 1 fully saturated rings. The summed E-state index contributed by atoms with van der Waals surface area (Å²) in [5.41, 5.74) is 0. The van der Waals surface area contributed by atoms with E-state index >= 15 is 0 Å². The molecule has 0 bridgehead atoms. The summed E-state index contributed by atoms with van der Waals surface area (Å²) in [5.74, 6) is 0. The Labute approximate surface area is 54.4 Å². The average Bonchev–Trinajstić information content (AvgIpc) is 1.91. The Morgan fingerprint density at radius 2 is 2.44 bits per heavy atom. The van der Waals surface area contributed by atoms with E-state index < -0.39 is 0 Å². The third kappa shape index (κ3) is 2.01. The van der Waals surface area contributed by atoms with Crippen LogP contribution in [0.25, 0.3) is 0 Å². The lowest BCUT2D eigenvalue weighted by Gasteiger charge is -2.21. The van der Waals surface area contributed by atoms with Gasteiger partial charge in [0.15, 0.2) is 0 Å². The van der Waals surface area contributed by atoms with Crippen LogP contribution >= 0.6 is 0 Å². The van der Waals surface area contributed by atoms with Crippen LogP contribution in [0.5, 0.6) is 0 Å². The van der Waals surface area contributed by atoms with Crippen molar-refractivity contribution in [3.05, 3.63) is 0 Å². The maximum Gasteiger partial charge on any atom is 0.209 e. The number of ether oxygens (including phenoxy) is 1. The number of rotatable bonds is 2. The highest BCUT2D eigenvalue weighted by Crippen LogP contribution is 2.08. The second kappa shape index (κ2) is 3.45. The van der Waals surface area contributed by atoms with E-state index in [1.54, 1.807) is 0 Å². The molecule has 0 aromatic carbocycles. The van der Waals surface area contributed by atoms with Gasteiger partial charge in [-0.05, 0) is 19.3 Å². The Morgan fingerprint density at radius 1 is 1.56 bits per heavy atom. The van der Waals surface area contributed by atoms with E-state index in [9.17, 15) is 4.79 Å². The Bertz CT molecular complexity index is 89.1. The molecule has 0 radical (unpaired) electrons. The maximum atomic E-state index is 9.88. The van der Waals surface area contributed by atoms with Crippen LogP contribution in [0.3, 0.4) is 0 Å². The van der Waals surface area contributed by atoms with Crippen LogP contribution in [-0.2, 0) is 9.53 Å². The van der Waals surface area contributed by atoms with E-state index in [4.69, 9.17) is 4.74 Å². The van der Waals surface area contributed by atoms with Gasteiger partial charge in [-0.2, -0.15) is 0 Å². The molecule has 1 atom stereocenters. The van der Waals surface area contributed by atoms with Crippen LogP contribution in [0.1, 0.15) is 19.3 Å². The van der Waals surface area contributed by atoms with Crippen LogP contribution in [0, 0.1) is 0 Å². The molecule has 0 aromatic heterocycles. The average molecular weight is 129 g/mol. The first kappa shape index (κ1) is 6.55. The number of carbonyl (C=O) groups is 1. The second-order valence-electron chi connectivity index (χ2n) is 2.14. The molecular formula is C6H11NO2. The molecule has 1 aliphatic rings. The Kier molecular flexibility index (Phi) is 2.51. The molecular weight excluding hydrogens is 118 g/mol. The zero-order valence-corrected chi connectivity index (χ0v) is 5.30. The van der Waals surface area contributed by atoms with Gasteiger partial charge in [-0.3, -0.25) is 4.79 Å². The normalized spacial score (nSPS) is 27.3. The Hall–Kier alpha value is -0.570. The van der Waals surface area contributed by atoms with Crippen LogP contribution in [0.2, 0.25) is 0 Å². The fourth-order valence-electron chi connectivity index (χ4n) is 0.948. The highest BCUT2D eigenvalue weighted by Gasteiger charge is 2.10. The third-order valence-electron chi connectivity index (χ3n) is 1.43. The SMILES string of the molecule is O=CNC1CCCCO1. The standard InChI is InChI=1S/C6H11NO2/c8-5-7-6-3-1-2-4-9-6/h5-6H,1-4H2,(H,7,8). The first-order chi connectivity index (χ1) is 4.43. The van der Waals surface area contributed by atoms with Crippen molar-refractivity contribution in [3.63, 3.8) is 0 Å². The van der Waals surface area contributed by atoms with Gasteiger partial charge in [-0.25, -0.2) is 0 Å². The van der Waals surface area contributed by atoms with Crippen LogP contribution in [0.15, 0.2) is 0 Å². The number of nitrogens with one attached hydrogen (secondary N) is 1. The number of amides is 1. The van der Waals surface area contributed by atoms with Gasteiger partial charge in [0.1, 0.15) is 6.23 Å². The summed E-state index contributed by atoms with van der Waals surface area (Å²) in [6.07, 6.45) is 3.91. The van der Waals surface area contributed by atoms with E-state index in [-0.39, 0.29) is 6.23 Å². The molecule has 1 aliphatic heterocycles. The van der Waals surface area contributed by atoms with E-state index in [0.717, 1.165) is 25.9 Å². The van der Waals surface area contributed by atoms with Crippen molar-refractivity contribution in [3.8, 4) is 0 Å². The lowest BCUT2D eigenvalue weighted by Crippen LogP contribution is -2.33. The largest absolute Gasteiger partial charge is 0.359 e. The van der Waals surface area contributed by atoms with E-state index in [2.05, 4.69) is 5.32 Å². The van der Waals surface area contributed by atoms with Gasteiger partial charge >= 0.3 is 0 Å². The van der Waals surface area contributed by atoms with Crippen molar-refractivity contribution in [2.75, 3.05) is 6.61 Å². The summed E-state index contributed by atoms with van der Waals surface area (Å²) in [5, 5.41) is 2.58. The summed E-state index contributed by atoms with van der Waals surface area (Å²) in [6.45, 7) is 0.783. The summed E-state index contributed by atoms with van der Waals surface area (Å²) in [4.78, 5) is 9.88. The lowest BCUT2D eigenvalue weighted by atomic mass is 10.2. The van der Waals surface area contributed by atoms with Crippen molar-refractivity contribution in [1.29, 1.82) is 0 Å². The molecule has 1 heterocycles. The van der Waals surface area contributed by atoms with Crippen LogP contribution < -0.4 is 5.32 Å². The molecule has 1 N–H and O–H groups in total. The summed E-state index contributed by atoms with van der Waals surface area (Å²) in [7, 11) is 0. The second-order valence-corrected chi connectivity index (χ2v) is 2.14. The Balaban J connectivity index is 2.15. The zero-order valence-electron chi connectivity index (χ0n) is 5.30. The van der Waals surface area contributed by atoms with Crippen molar-refractivity contribution < 1.29 is 9.53 Å². The molecule has 0 aliphatic carbocycles. The maximum absolute atomic E-state index is 9.88. The molecule has 9 heavy (non-hydrogen) atoms. The van der Waals surface area contributed by atoms with E-state index in [0.29, 0.717) is 6.41 Å². The van der Waals surface area contributed by atoms with Gasteiger partial charge in [-0.1, -0.05) is 0 Å². The first-order valence-electron chi connectivity index (χ1n) is 3.25. The molecule has 0 saturated carbocycles. The minimum atomic E-state index is -0.0174. The third-order valence-corrected chi connectivity index (χ3v) is 1.43. The number of carbonyl (C=O) groups excluding carboxylic acids is 1.